The quantitative estimate of drug-likeness (QED) is 0.217. The molecular formula is C23H24N4O4S. The van der Waals surface area contributed by atoms with Crippen molar-refractivity contribution in [2.45, 2.75) is 30.3 Å². The molecule has 8 nitrogen and oxygen atoms in total. The van der Waals surface area contributed by atoms with Crippen LogP contribution in [0.4, 0.5) is 4.79 Å². The molecule has 166 valence electrons. The number of imide groups is 1. The van der Waals surface area contributed by atoms with Crippen LogP contribution in [-0.2, 0) is 9.59 Å². The summed E-state index contributed by atoms with van der Waals surface area (Å²) in [5.41, 5.74) is 1.60. The molecule has 9 heteroatoms. The third-order valence-electron chi connectivity index (χ3n) is 5.64. The second kappa shape index (κ2) is 9.42. The van der Waals surface area contributed by atoms with E-state index >= 15 is 0 Å². The highest BCUT2D eigenvalue weighted by Gasteiger charge is 2.49. The highest BCUT2D eigenvalue weighted by atomic mass is 32.2. The Kier molecular flexibility index (Phi) is 6.87. The van der Waals surface area contributed by atoms with E-state index in [0.29, 0.717) is 10.6 Å². The Labute approximate surface area is 191 Å². The van der Waals surface area contributed by atoms with Gasteiger partial charge >= 0.3 is 6.03 Å². The van der Waals surface area contributed by atoms with Gasteiger partial charge in [0.2, 0.25) is 6.41 Å². The number of carbonyl (C=O) groups excluding carboxylic acids is 3. The van der Waals surface area contributed by atoms with Crippen LogP contribution in [0.3, 0.4) is 0 Å². The highest BCUT2D eigenvalue weighted by Crippen LogP contribution is 2.28. The van der Waals surface area contributed by atoms with Gasteiger partial charge in [-0.05, 0) is 49.2 Å². The van der Waals surface area contributed by atoms with Gasteiger partial charge in [0.25, 0.3) is 5.91 Å². The first-order valence-electron chi connectivity index (χ1n) is 9.94. The summed E-state index contributed by atoms with van der Waals surface area (Å²) in [6, 6.07) is 15.9. The summed E-state index contributed by atoms with van der Waals surface area (Å²) < 4.78 is 0. The molecule has 1 heterocycles. The molecule has 1 aliphatic heterocycles. The first kappa shape index (κ1) is 23.3. The summed E-state index contributed by atoms with van der Waals surface area (Å²) in [5, 5.41) is 19.4. The van der Waals surface area contributed by atoms with Crippen molar-refractivity contribution in [2.75, 3.05) is 19.3 Å². The number of likely N-dealkylation sites (N-methyl/N-ethyl adjacent to an activating group) is 1. The first-order chi connectivity index (χ1) is 15.2. The van der Waals surface area contributed by atoms with Gasteiger partial charge in [-0.3, -0.25) is 19.7 Å². The SMILES string of the molecule is CN1C(=O)N(CC(CSc2ccc(-c3ccc(C#N)cc3)cc2)N(O)C=O)C(=O)C1(C)C. The van der Waals surface area contributed by atoms with E-state index in [9.17, 15) is 19.6 Å². The normalized spacial score (nSPS) is 16.1. The molecule has 4 amide bonds. The number of hydrogen-bond acceptors (Lipinski definition) is 6. The molecule has 1 N–H and O–H groups in total. The van der Waals surface area contributed by atoms with Gasteiger partial charge in [-0.25, -0.2) is 9.86 Å². The van der Waals surface area contributed by atoms with Crippen LogP contribution in [0.25, 0.3) is 11.1 Å². The maximum atomic E-state index is 12.6. The minimum Gasteiger partial charge on any atom is -0.313 e. The molecule has 1 fully saturated rings. The van der Waals surface area contributed by atoms with Crippen LogP contribution in [0, 0.1) is 11.3 Å². The van der Waals surface area contributed by atoms with Gasteiger partial charge in [-0.15, -0.1) is 11.8 Å². The zero-order chi connectivity index (χ0) is 23.5. The highest BCUT2D eigenvalue weighted by molar-refractivity contribution is 7.99. The molecule has 1 unspecified atom stereocenters. The van der Waals surface area contributed by atoms with Gasteiger partial charge in [-0.2, -0.15) is 5.26 Å². The molecule has 0 aromatic heterocycles. The Morgan fingerprint density at radius 1 is 1.12 bits per heavy atom. The molecule has 0 bridgehead atoms. The van der Waals surface area contributed by atoms with Crippen molar-refractivity contribution in [3.05, 3.63) is 54.1 Å². The van der Waals surface area contributed by atoms with Crippen molar-refractivity contribution in [1.82, 2.24) is 14.9 Å². The Balaban J connectivity index is 1.68. The van der Waals surface area contributed by atoms with Crippen LogP contribution < -0.4 is 0 Å². The largest absolute Gasteiger partial charge is 0.327 e. The van der Waals surface area contributed by atoms with Crippen LogP contribution >= 0.6 is 11.8 Å². The van der Waals surface area contributed by atoms with Gasteiger partial charge in [-0.1, -0.05) is 24.3 Å². The standard InChI is InChI=1S/C23H24N4O4S/c1-23(2)21(29)26(22(30)25(23)3)13-19(27(31)15-28)14-32-20-10-8-18(9-11-20)17-6-4-16(12-24)5-7-17/h4-11,15,19,31H,13-14H2,1-3H3. The van der Waals surface area contributed by atoms with E-state index in [4.69, 9.17) is 5.26 Å². The van der Waals surface area contributed by atoms with Gasteiger partial charge in [0.05, 0.1) is 24.2 Å². The number of rotatable bonds is 8. The maximum Gasteiger partial charge on any atom is 0.327 e. The fourth-order valence-electron chi connectivity index (χ4n) is 3.32. The van der Waals surface area contributed by atoms with E-state index in [2.05, 4.69) is 6.07 Å². The number of hydroxylamine groups is 2. The van der Waals surface area contributed by atoms with Crippen molar-refractivity contribution in [1.29, 1.82) is 5.26 Å². The average molecular weight is 453 g/mol. The Morgan fingerprint density at radius 3 is 2.16 bits per heavy atom. The number of carbonyl (C=O) groups is 3. The average Bonchev–Trinajstić information content (AvgIpc) is 2.96. The van der Waals surface area contributed by atoms with Crippen molar-refractivity contribution in [3.8, 4) is 17.2 Å². The number of amides is 4. The molecule has 32 heavy (non-hydrogen) atoms. The van der Waals surface area contributed by atoms with Crippen molar-refractivity contribution in [2.24, 2.45) is 0 Å². The number of urea groups is 1. The summed E-state index contributed by atoms with van der Waals surface area (Å²) in [4.78, 5) is 39.6. The lowest BCUT2D eigenvalue weighted by atomic mass is 10.0. The Morgan fingerprint density at radius 2 is 1.69 bits per heavy atom. The van der Waals surface area contributed by atoms with E-state index in [0.717, 1.165) is 20.9 Å². The van der Waals surface area contributed by atoms with E-state index in [-0.39, 0.29) is 24.6 Å². The number of nitrogens with zero attached hydrogens (tertiary/aromatic N) is 4. The summed E-state index contributed by atoms with van der Waals surface area (Å²) >= 11 is 1.40. The van der Waals surface area contributed by atoms with E-state index in [1.807, 2.05) is 36.4 Å². The van der Waals surface area contributed by atoms with Crippen LogP contribution in [0.1, 0.15) is 19.4 Å². The molecule has 2 aromatic rings. The van der Waals surface area contributed by atoms with Gasteiger partial charge < -0.3 is 4.90 Å². The molecule has 1 aliphatic rings. The van der Waals surface area contributed by atoms with Crippen LogP contribution in [-0.4, -0.2) is 69.3 Å². The van der Waals surface area contributed by atoms with Crippen molar-refractivity contribution in [3.63, 3.8) is 0 Å². The third-order valence-corrected chi connectivity index (χ3v) is 6.80. The molecule has 0 radical (unpaired) electrons. The minimum atomic E-state index is -0.975. The second-order valence-electron chi connectivity index (χ2n) is 7.98. The maximum absolute atomic E-state index is 12.6. The fraction of sp³-hybridized carbons (Fsp3) is 0.304. The summed E-state index contributed by atoms with van der Waals surface area (Å²) in [6.45, 7) is 3.21. The summed E-state index contributed by atoms with van der Waals surface area (Å²) in [6.07, 6.45) is 0.277. The first-order valence-corrected chi connectivity index (χ1v) is 10.9. The molecular weight excluding hydrogens is 428 g/mol. The summed E-state index contributed by atoms with van der Waals surface area (Å²) in [7, 11) is 1.55. The lowest BCUT2D eigenvalue weighted by Gasteiger charge is -2.26. The Bertz CT molecular complexity index is 1050. The zero-order valence-electron chi connectivity index (χ0n) is 18.1. The topological polar surface area (TPSA) is 105 Å². The van der Waals surface area contributed by atoms with Crippen LogP contribution in [0.15, 0.2) is 53.4 Å². The number of thioether (sulfide) groups is 1. The number of benzene rings is 2. The minimum absolute atomic E-state index is 0.100. The predicted molar refractivity (Wildman–Crippen MR) is 120 cm³/mol. The van der Waals surface area contributed by atoms with E-state index in [1.54, 1.807) is 33.0 Å². The number of nitriles is 1. The molecule has 0 spiro atoms. The number of hydrogen-bond donors (Lipinski definition) is 1. The zero-order valence-corrected chi connectivity index (χ0v) is 18.9. The Hall–Kier alpha value is -3.35. The van der Waals surface area contributed by atoms with E-state index < -0.39 is 17.6 Å². The van der Waals surface area contributed by atoms with Gasteiger partial charge in [0, 0.05) is 17.7 Å². The molecule has 0 aliphatic carbocycles. The summed E-state index contributed by atoms with van der Waals surface area (Å²) in [5.74, 6) is -0.0850. The fourth-order valence-corrected chi connectivity index (χ4v) is 4.30. The predicted octanol–water partition coefficient (Wildman–Crippen LogP) is 3.21. The molecule has 1 saturated heterocycles. The third kappa shape index (κ3) is 4.61. The molecule has 2 aromatic carbocycles. The van der Waals surface area contributed by atoms with Crippen molar-refractivity contribution < 1.29 is 19.6 Å². The van der Waals surface area contributed by atoms with Gasteiger partial charge in [0.1, 0.15) is 5.54 Å². The van der Waals surface area contributed by atoms with Crippen LogP contribution in [0.2, 0.25) is 0 Å². The van der Waals surface area contributed by atoms with E-state index in [1.165, 1.54) is 16.7 Å². The molecule has 3 rings (SSSR count). The van der Waals surface area contributed by atoms with Crippen molar-refractivity contribution >= 4 is 30.1 Å². The second-order valence-corrected chi connectivity index (χ2v) is 9.07. The molecule has 0 saturated carbocycles. The monoisotopic (exact) mass is 452 g/mol. The van der Waals surface area contributed by atoms with Crippen LogP contribution in [0.5, 0.6) is 0 Å². The lowest BCUT2D eigenvalue weighted by molar-refractivity contribution is -0.160. The van der Waals surface area contributed by atoms with Gasteiger partial charge in [0.15, 0.2) is 0 Å². The smallest absolute Gasteiger partial charge is 0.313 e. The molecule has 1 atom stereocenters. The lowest BCUT2D eigenvalue weighted by Crippen LogP contribution is -2.47.